The molecule has 3 rings (SSSR count). The molecule has 0 spiro atoms. The highest BCUT2D eigenvalue weighted by molar-refractivity contribution is 6.04. The largest absolute Gasteiger partial charge is 0.479 e. The Balaban J connectivity index is 1.73. The van der Waals surface area contributed by atoms with Crippen molar-refractivity contribution in [1.82, 2.24) is 0 Å². The number of fused-ring (bicyclic) bond motifs is 1. The van der Waals surface area contributed by atoms with Gasteiger partial charge in [0.1, 0.15) is 5.75 Å². The van der Waals surface area contributed by atoms with Gasteiger partial charge in [0.25, 0.3) is 5.91 Å². The van der Waals surface area contributed by atoms with Gasteiger partial charge in [-0.2, -0.15) is 0 Å². The van der Waals surface area contributed by atoms with Crippen molar-refractivity contribution >= 4 is 29.3 Å². The van der Waals surface area contributed by atoms with E-state index in [1.54, 1.807) is 24.0 Å². The molecule has 5 nitrogen and oxygen atoms in total. The molecule has 1 heterocycles. The Morgan fingerprint density at radius 3 is 2.66 bits per heavy atom. The van der Waals surface area contributed by atoms with Crippen LogP contribution >= 0.6 is 0 Å². The number of hydrogen-bond donors (Lipinski definition) is 1. The third kappa shape index (κ3) is 5.25. The van der Waals surface area contributed by atoms with Crippen molar-refractivity contribution in [1.29, 1.82) is 0 Å². The van der Waals surface area contributed by atoms with Crippen molar-refractivity contribution in [2.24, 2.45) is 0 Å². The van der Waals surface area contributed by atoms with Crippen LogP contribution in [0.2, 0.25) is 0 Å². The second kappa shape index (κ2) is 9.41. The smallest absolute Gasteiger partial charge is 0.267 e. The van der Waals surface area contributed by atoms with Gasteiger partial charge in [0.15, 0.2) is 6.10 Å². The van der Waals surface area contributed by atoms with Gasteiger partial charge in [0.2, 0.25) is 5.91 Å². The molecule has 2 aromatic carbocycles. The molecule has 0 aliphatic carbocycles. The van der Waals surface area contributed by atoms with Crippen LogP contribution in [0.3, 0.4) is 0 Å². The third-order valence-electron chi connectivity index (χ3n) is 4.92. The summed E-state index contributed by atoms with van der Waals surface area (Å²) in [5, 5.41) is 2.87. The van der Waals surface area contributed by atoms with Crippen LogP contribution in [0, 0.1) is 6.92 Å². The van der Waals surface area contributed by atoms with Crippen LogP contribution in [-0.2, 0) is 9.59 Å². The fourth-order valence-corrected chi connectivity index (χ4v) is 3.27. The van der Waals surface area contributed by atoms with Gasteiger partial charge in [0, 0.05) is 18.3 Å². The van der Waals surface area contributed by atoms with E-state index in [0.717, 1.165) is 24.8 Å². The van der Waals surface area contributed by atoms with Gasteiger partial charge in [-0.1, -0.05) is 49.6 Å². The van der Waals surface area contributed by atoms with Crippen LogP contribution in [0.15, 0.2) is 48.5 Å². The van der Waals surface area contributed by atoms with Crippen molar-refractivity contribution in [2.45, 2.75) is 46.1 Å². The summed E-state index contributed by atoms with van der Waals surface area (Å²) in [7, 11) is 0. The Labute approximate surface area is 172 Å². The lowest BCUT2D eigenvalue weighted by molar-refractivity contribution is -0.125. The highest BCUT2D eigenvalue weighted by Crippen LogP contribution is 2.36. The summed E-state index contributed by atoms with van der Waals surface area (Å²) >= 11 is 0. The standard InChI is InChI=1S/C24H28N2O3/c1-4-5-6-15-26-21-16-20(12-13-22(21)29-18(3)24(26)28)25-23(27)14-11-19-9-7-17(2)8-10-19/h7-14,16,18H,4-6,15H2,1-3H3,(H,25,27)/b14-11+. The summed E-state index contributed by atoms with van der Waals surface area (Å²) in [5.74, 6) is 0.401. The SMILES string of the molecule is CCCCCN1C(=O)C(C)Oc2ccc(NC(=O)/C=C/c3ccc(C)cc3)cc21. The van der Waals surface area contributed by atoms with Crippen molar-refractivity contribution < 1.29 is 14.3 Å². The number of aryl methyl sites for hydroxylation is 1. The maximum absolute atomic E-state index is 12.6. The number of unbranched alkanes of at least 4 members (excludes halogenated alkanes) is 2. The molecule has 2 aromatic rings. The molecule has 1 N–H and O–H groups in total. The average molecular weight is 392 g/mol. The predicted molar refractivity (Wildman–Crippen MR) is 117 cm³/mol. The van der Waals surface area contributed by atoms with E-state index in [1.807, 2.05) is 43.3 Å². The predicted octanol–water partition coefficient (Wildman–Crippen LogP) is 4.95. The van der Waals surface area contributed by atoms with Crippen LogP contribution in [0.4, 0.5) is 11.4 Å². The average Bonchev–Trinajstić information content (AvgIpc) is 2.71. The maximum atomic E-state index is 12.6. The van der Waals surface area contributed by atoms with Crippen LogP contribution in [-0.4, -0.2) is 24.5 Å². The van der Waals surface area contributed by atoms with Crippen LogP contribution in [0.5, 0.6) is 5.75 Å². The second-order valence-electron chi connectivity index (χ2n) is 7.37. The van der Waals surface area contributed by atoms with Gasteiger partial charge in [-0.3, -0.25) is 9.59 Å². The van der Waals surface area contributed by atoms with E-state index in [9.17, 15) is 9.59 Å². The number of anilines is 2. The molecular formula is C24H28N2O3. The van der Waals surface area contributed by atoms with Gasteiger partial charge in [-0.05, 0) is 50.1 Å². The van der Waals surface area contributed by atoms with Crippen molar-refractivity contribution in [2.75, 3.05) is 16.8 Å². The highest BCUT2D eigenvalue weighted by Gasteiger charge is 2.31. The van der Waals surface area contributed by atoms with Gasteiger partial charge in [-0.15, -0.1) is 0 Å². The minimum absolute atomic E-state index is 0.0450. The van der Waals surface area contributed by atoms with Crippen LogP contribution in [0.25, 0.3) is 6.08 Å². The zero-order chi connectivity index (χ0) is 20.8. The quantitative estimate of drug-likeness (QED) is 0.536. The van der Waals surface area contributed by atoms with Gasteiger partial charge < -0.3 is 15.0 Å². The van der Waals surface area contributed by atoms with E-state index in [1.165, 1.54) is 11.6 Å². The second-order valence-corrected chi connectivity index (χ2v) is 7.37. The van der Waals surface area contributed by atoms with E-state index in [4.69, 9.17) is 4.74 Å². The molecule has 0 bridgehead atoms. The fourth-order valence-electron chi connectivity index (χ4n) is 3.27. The number of benzene rings is 2. The normalized spacial score (nSPS) is 15.9. The first-order chi connectivity index (χ1) is 14.0. The highest BCUT2D eigenvalue weighted by atomic mass is 16.5. The van der Waals surface area contributed by atoms with E-state index in [2.05, 4.69) is 12.2 Å². The van der Waals surface area contributed by atoms with Gasteiger partial charge in [-0.25, -0.2) is 0 Å². The summed E-state index contributed by atoms with van der Waals surface area (Å²) in [6.45, 7) is 6.58. The Bertz CT molecular complexity index is 903. The minimum Gasteiger partial charge on any atom is -0.479 e. The topological polar surface area (TPSA) is 58.6 Å². The van der Waals surface area contributed by atoms with Crippen LogP contribution in [0.1, 0.15) is 44.2 Å². The molecule has 1 aliphatic heterocycles. The molecule has 5 heteroatoms. The van der Waals surface area contributed by atoms with Crippen LogP contribution < -0.4 is 15.0 Å². The molecule has 29 heavy (non-hydrogen) atoms. The first-order valence-corrected chi connectivity index (χ1v) is 10.2. The van der Waals surface area contributed by atoms with Gasteiger partial charge in [0.05, 0.1) is 5.69 Å². The summed E-state index contributed by atoms with van der Waals surface area (Å²) in [6.07, 6.45) is 5.87. The molecule has 0 saturated carbocycles. The van der Waals surface area contributed by atoms with E-state index < -0.39 is 6.10 Å². The fraction of sp³-hybridized carbons (Fsp3) is 0.333. The van der Waals surface area contributed by atoms with E-state index in [-0.39, 0.29) is 11.8 Å². The molecule has 1 unspecified atom stereocenters. The number of amides is 2. The maximum Gasteiger partial charge on any atom is 0.267 e. The zero-order valence-corrected chi connectivity index (χ0v) is 17.3. The molecule has 0 fully saturated rings. The number of ether oxygens (including phenoxy) is 1. The minimum atomic E-state index is -0.498. The van der Waals surface area contributed by atoms with E-state index >= 15 is 0 Å². The Kier molecular flexibility index (Phi) is 6.70. The molecule has 1 aliphatic rings. The van der Waals surface area contributed by atoms with Crippen molar-refractivity contribution in [3.8, 4) is 5.75 Å². The van der Waals surface area contributed by atoms with Gasteiger partial charge >= 0.3 is 0 Å². The molecular weight excluding hydrogens is 364 g/mol. The first kappa shape index (κ1) is 20.6. The molecule has 0 radical (unpaired) electrons. The Hall–Kier alpha value is -3.08. The molecule has 2 amide bonds. The zero-order valence-electron chi connectivity index (χ0n) is 17.3. The Morgan fingerprint density at radius 1 is 1.17 bits per heavy atom. The third-order valence-corrected chi connectivity index (χ3v) is 4.92. The lowest BCUT2D eigenvalue weighted by atomic mass is 10.1. The van der Waals surface area contributed by atoms with Crippen molar-refractivity contribution in [3.63, 3.8) is 0 Å². The van der Waals surface area contributed by atoms with Crippen molar-refractivity contribution in [3.05, 3.63) is 59.7 Å². The van der Waals surface area contributed by atoms with E-state index in [0.29, 0.717) is 23.7 Å². The lowest BCUT2D eigenvalue weighted by Crippen LogP contribution is -2.44. The molecule has 152 valence electrons. The molecule has 0 aromatic heterocycles. The monoisotopic (exact) mass is 392 g/mol. The summed E-state index contributed by atoms with van der Waals surface area (Å²) in [4.78, 5) is 26.7. The first-order valence-electron chi connectivity index (χ1n) is 10.2. The number of hydrogen-bond acceptors (Lipinski definition) is 3. The molecule has 1 atom stereocenters. The number of carbonyl (C=O) groups is 2. The number of nitrogens with one attached hydrogen (secondary N) is 1. The number of rotatable bonds is 7. The number of carbonyl (C=O) groups excluding carboxylic acids is 2. The summed E-state index contributed by atoms with van der Waals surface area (Å²) in [5.41, 5.74) is 3.49. The number of nitrogens with zero attached hydrogens (tertiary/aromatic N) is 1. The molecule has 0 saturated heterocycles. The Morgan fingerprint density at radius 2 is 1.93 bits per heavy atom. The summed E-state index contributed by atoms with van der Waals surface area (Å²) in [6, 6.07) is 13.4. The lowest BCUT2D eigenvalue weighted by Gasteiger charge is -2.33. The summed E-state index contributed by atoms with van der Waals surface area (Å²) < 4.78 is 5.74.